The van der Waals surface area contributed by atoms with Crippen LogP contribution in [0.15, 0.2) is 12.1 Å². The summed E-state index contributed by atoms with van der Waals surface area (Å²) in [6.45, 7) is 3.36. The minimum atomic E-state index is -0.245. The summed E-state index contributed by atoms with van der Waals surface area (Å²) in [5, 5.41) is 2.91. The second kappa shape index (κ2) is 9.31. The molecule has 0 spiro atoms. The Balaban J connectivity index is 2.02. The van der Waals surface area contributed by atoms with Gasteiger partial charge in [-0.1, -0.05) is 6.92 Å². The molecule has 2 rings (SSSR count). The van der Waals surface area contributed by atoms with Gasteiger partial charge in [0.2, 0.25) is 11.7 Å². The number of hydrogen-bond donors (Lipinski definition) is 1. The smallest absolute Gasteiger partial charge is 0.255 e. The second-order valence-electron chi connectivity index (χ2n) is 6.18. The molecule has 1 fully saturated rings. The number of nitrogens with zero attached hydrogens (tertiary/aromatic N) is 1. The Morgan fingerprint density at radius 2 is 1.92 bits per heavy atom. The summed E-state index contributed by atoms with van der Waals surface area (Å²) >= 11 is 0. The van der Waals surface area contributed by atoms with E-state index in [4.69, 9.17) is 14.2 Å². The molecule has 0 aliphatic carbocycles. The van der Waals surface area contributed by atoms with E-state index in [9.17, 15) is 9.59 Å². The Labute approximate surface area is 154 Å². The summed E-state index contributed by atoms with van der Waals surface area (Å²) in [5.41, 5.74) is 0.385. The summed E-state index contributed by atoms with van der Waals surface area (Å²) in [4.78, 5) is 26.4. The number of nitrogens with one attached hydrogen (secondary N) is 1. The average molecular weight is 364 g/mol. The van der Waals surface area contributed by atoms with Gasteiger partial charge in [0.25, 0.3) is 5.91 Å². The SMILES string of the molecule is CC[C@H](CCNC(=O)c1ccc(OC)c(OC)c1OC)N1CCCC1=O. The van der Waals surface area contributed by atoms with Crippen molar-refractivity contribution in [1.29, 1.82) is 0 Å². The van der Waals surface area contributed by atoms with Gasteiger partial charge in [0.05, 0.1) is 26.9 Å². The van der Waals surface area contributed by atoms with Gasteiger partial charge in [-0.25, -0.2) is 0 Å². The van der Waals surface area contributed by atoms with Crippen molar-refractivity contribution in [3.8, 4) is 17.2 Å². The monoisotopic (exact) mass is 364 g/mol. The third-order valence-corrected chi connectivity index (χ3v) is 4.73. The maximum absolute atomic E-state index is 12.6. The molecule has 1 aromatic carbocycles. The zero-order chi connectivity index (χ0) is 19.1. The number of rotatable bonds is 9. The molecule has 144 valence electrons. The maximum atomic E-state index is 12.6. The maximum Gasteiger partial charge on any atom is 0.255 e. The van der Waals surface area contributed by atoms with Crippen LogP contribution < -0.4 is 19.5 Å². The minimum absolute atomic E-state index is 0.164. The lowest BCUT2D eigenvalue weighted by Gasteiger charge is -2.27. The van der Waals surface area contributed by atoms with Gasteiger partial charge < -0.3 is 24.4 Å². The molecule has 0 radical (unpaired) electrons. The third-order valence-electron chi connectivity index (χ3n) is 4.73. The van der Waals surface area contributed by atoms with E-state index >= 15 is 0 Å². The molecule has 7 nitrogen and oxygen atoms in total. The predicted molar refractivity (Wildman–Crippen MR) is 98.1 cm³/mol. The highest BCUT2D eigenvalue weighted by Gasteiger charge is 2.27. The quantitative estimate of drug-likeness (QED) is 0.727. The molecule has 0 aromatic heterocycles. The minimum Gasteiger partial charge on any atom is -0.493 e. The number of benzene rings is 1. The van der Waals surface area contributed by atoms with Gasteiger partial charge in [-0.2, -0.15) is 0 Å². The fourth-order valence-corrected chi connectivity index (χ4v) is 3.36. The lowest BCUT2D eigenvalue weighted by atomic mass is 10.1. The molecule has 1 saturated heterocycles. The van der Waals surface area contributed by atoms with E-state index in [-0.39, 0.29) is 17.9 Å². The van der Waals surface area contributed by atoms with E-state index in [0.29, 0.717) is 35.8 Å². The van der Waals surface area contributed by atoms with E-state index < -0.39 is 0 Å². The highest BCUT2D eigenvalue weighted by atomic mass is 16.5. The van der Waals surface area contributed by atoms with Gasteiger partial charge in [0.1, 0.15) is 0 Å². The molecule has 0 bridgehead atoms. The molecule has 26 heavy (non-hydrogen) atoms. The van der Waals surface area contributed by atoms with Crippen molar-refractivity contribution in [2.75, 3.05) is 34.4 Å². The first-order valence-corrected chi connectivity index (χ1v) is 8.93. The van der Waals surface area contributed by atoms with Crippen molar-refractivity contribution >= 4 is 11.8 Å². The Morgan fingerprint density at radius 3 is 2.46 bits per heavy atom. The lowest BCUT2D eigenvalue weighted by Crippen LogP contribution is -2.38. The van der Waals surface area contributed by atoms with Crippen LogP contribution in [0.3, 0.4) is 0 Å². The number of amides is 2. The Bertz CT molecular complexity index is 647. The third kappa shape index (κ3) is 4.20. The van der Waals surface area contributed by atoms with Crippen LogP contribution in [-0.4, -0.2) is 57.2 Å². The Kier molecular flexibility index (Phi) is 7.12. The van der Waals surface area contributed by atoms with E-state index in [1.807, 2.05) is 4.90 Å². The number of carbonyl (C=O) groups is 2. The summed E-state index contributed by atoms with van der Waals surface area (Å²) in [5.74, 6) is 1.19. The van der Waals surface area contributed by atoms with Crippen molar-refractivity contribution < 1.29 is 23.8 Å². The Hall–Kier alpha value is -2.44. The van der Waals surface area contributed by atoms with E-state index in [0.717, 1.165) is 25.8 Å². The molecule has 1 heterocycles. The average Bonchev–Trinajstić information content (AvgIpc) is 3.09. The van der Waals surface area contributed by atoms with Crippen LogP contribution in [0.4, 0.5) is 0 Å². The number of ether oxygens (including phenoxy) is 3. The predicted octanol–water partition coefficient (Wildman–Crippen LogP) is 2.23. The van der Waals surface area contributed by atoms with Gasteiger partial charge in [0.15, 0.2) is 11.5 Å². The summed E-state index contributed by atoms with van der Waals surface area (Å²) in [6, 6.07) is 3.49. The van der Waals surface area contributed by atoms with Crippen molar-refractivity contribution in [3.05, 3.63) is 17.7 Å². The molecule has 0 saturated carbocycles. The normalized spacial score (nSPS) is 14.9. The number of hydrogen-bond acceptors (Lipinski definition) is 5. The molecule has 2 amide bonds. The van der Waals surface area contributed by atoms with Gasteiger partial charge in [-0.05, 0) is 31.4 Å². The van der Waals surface area contributed by atoms with Crippen molar-refractivity contribution in [2.45, 2.75) is 38.6 Å². The van der Waals surface area contributed by atoms with Crippen LogP contribution in [0.1, 0.15) is 43.0 Å². The number of methoxy groups -OCH3 is 3. The summed E-state index contributed by atoms with van der Waals surface area (Å²) in [6.07, 6.45) is 3.15. The number of carbonyl (C=O) groups excluding carboxylic acids is 2. The standard InChI is InChI=1S/C19H28N2O5/c1-5-13(21-12-6-7-16(21)22)10-11-20-19(23)14-8-9-15(24-2)18(26-4)17(14)25-3/h8-9,13H,5-7,10-12H2,1-4H3,(H,20,23)/t13-/m1/s1. The van der Waals surface area contributed by atoms with Crippen molar-refractivity contribution in [3.63, 3.8) is 0 Å². The fraction of sp³-hybridized carbons (Fsp3) is 0.579. The van der Waals surface area contributed by atoms with Crippen LogP contribution in [0, 0.1) is 0 Å². The Morgan fingerprint density at radius 1 is 1.19 bits per heavy atom. The molecule has 7 heteroatoms. The van der Waals surface area contributed by atoms with Crippen molar-refractivity contribution in [2.24, 2.45) is 0 Å². The molecule has 1 atom stereocenters. The van der Waals surface area contributed by atoms with Crippen LogP contribution >= 0.6 is 0 Å². The van der Waals surface area contributed by atoms with Gasteiger partial charge in [0, 0.05) is 25.6 Å². The zero-order valence-electron chi connectivity index (χ0n) is 16.0. The largest absolute Gasteiger partial charge is 0.493 e. The first kappa shape index (κ1) is 19.9. The highest BCUT2D eigenvalue weighted by Crippen LogP contribution is 2.39. The van der Waals surface area contributed by atoms with E-state index in [1.54, 1.807) is 12.1 Å². The van der Waals surface area contributed by atoms with E-state index in [1.165, 1.54) is 21.3 Å². The molecule has 0 unspecified atom stereocenters. The lowest BCUT2D eigenvalue weighted by molar-refractivity contribution is -0.129. The zero-order valence-corrected chi connectivity index (χ0v) is 16.0. The fourth-order valence-electron chi connectivity index (χ4n) is 3.36. The summed E-state index contributed by atoms with van der Waals surface area (Å²) in [7, 11) is 4.52. The second-order valence-corrected chi connectivity index (χ2v) is 6.18. The van der Waals surface area contributed by atoms with Crippen LogP contribution in [0.2, 0.25) is 0 Å². The first-order valence-electron chi connectivity index (χ1n) is 8.93. The van der Waals surface area contributed by atoms with Crippen LogP contribution in [0.5, 0.6) is 17.2 Å². The molecule has 1 aliphatic rings. The van der Waals surface area contributed by atoms with E-state index in [2.05, 4.69) is 12.2 Å². The topological polar surface area (TPSA) is 77.1 Å². The van der Waals surface area contributed by atoms with Gasteiger partial charge in [-0.3, -0.25) is 9.59 Å². The highest BCUT2D eigenvalue weighted by molar-refractivity contribution is 5.98. The van der Waals surface area contributed by atoms with Gasteiger partial charge in [-0.15, -0.1) is 0 Å². The molecule has 1 aromatic rings. The van der Waals surface area contributed by atoms with Crippen molar-refractivity contribution in [1.82, 2.24) is 10.2 Å². The van der Waals surface area contributed by atoms with Gasteiger partial charge >= 0.3 is 0 Å². The molecular weight excluding hydrogens is 336 g/mol. The molecule has 1 N–H and O–H groups in total. The number of likely N-dealkylation sites (tertiary alicyclic amines) is 1. The summed E-state index contributed by atoms with van der Waals surface area (Å²) < 4.78 is 15.9. The molecule has 1 aliphatic heterocycles. The first-order chi connectivity index (χ1) is 12.6. The molecular formula is C19H28N2O5. The van der Waals surface area contributed by atoms with Crippen LogP contribution in [0.25, 0.3) is 0 Å². The van der Waals surface area contributed by atoms with Crippen LogP contribution in [-0.2, 0) is 4.79 Å².